The summed E-state index contributed by atoms with van der Waals surface area (Å²) in [6.45, 7) is 18.2. The Morgan fingerprint density at radius 1 is 1.05 bits per heavy atom. The van der Waals surface area contributed by atoms with Crippen molar-refractivity contribution in [1.29, 1.82) is 0 Å². The zero-order chi connectivity index (χ0) is 16.4. The zero-order valence-corrected chi connectivity index (χ0v) is 18.6. The Labute approximate surface area is 140 Å². The number of rotatable bonds is 6. The van der Waals surface area contributed by atoms with Crippen LogP contribution in [0.5, 0.6) is 5.75 Å². The van der Waals surface area contributed by atoms with Crippen molar-refractivity contribution >= 4 is 25.0 Å². The van der Waals surface area contributed by atoms with Crippen LogP contribution >= 0.6 is 0 Å². The molecule has 0 amide bonds. The molecule has 1 rings (SSSR count). The zero-order valence-electron chi connectivity index (χ0n) is 15.2. The monoisotopic (exact) mass is 489 g/mol. The van der Waals surface area contributed by atoms with Crippen molar-refractivity contribution in [2.45, 2.75) is 55.7 Å². The normalized spacial score (nSPS) is 10.8. The Hall–Kier alpha value is -0.137. The van der Waals surface area contributed by atoms with E-state index in [9.17, 15) is 0 Å². The Kier molecular flexibility index (Phi) is 11.4. The van der Waals surface area contributed by atoms with E-state index in [1.54, 1.807) is 10.4 Å². The molecule has 0 spiro atoms. The molecule has 0 radical (unpaired) electrons. The summed E-state index contributed by atoms with van der Waals surface area (Å²) in [5.74, 6) is 0.984. The van der Waals surface area contributed by atoms with Gasteiger partial charge >= 0.3 is 108 Å². The third-order valence-electron chi connectivity index (χ3n) is 3.29. The molecule has 0 atom stereocenters. The average Bonchev–Trinajstić information content (AvgIpc) is 2.41. The van der Waals surface area contributed by atoms with Crippen molar-refractivity contribution in [1.82, 2.24) is 5.32 Å². The molecule has 1 aromatic rings. The van der Waals surface area contributed by atoms with Crippen LogP contribution in [0, 0.1) is 6.92 Å². The van der Waals surface area contributed by atoms with Gasteiger partial charge < -0.3 is 5.32 Å². The summed E-state index contributed by atoms with van der Waals surface area (Å²) < 4.78 is 8.69. The van der Waals surface area contributed by atoms with Crippen molar-refractivity contribution in [3.8, 4) is 5.75 Å². The van der Waals surface area contributed by atoms with E-state index in [0.29, 0.717) is 0 Å². The first-order chi connectivity index (χ1) is 9.88. The quantitative estimate of drug-likeness (QED) is 0.607. The predicted octanol–water partition coefficient (Wildman–Crippen LogP) is 4.14. The number of hydrogen-bond donors (Lipinski definition) is 1. The van der Waals surface area contributed by atoms with E-state index in [0.717, 1.165) is 26.1 Å². The van der Waals surface area contributed by atoms with E-state index < -0.39 is 21.8 Å². The first-order valence-electron chi connectivity index (χ1n) is 8.02. The molecule has 0 saturated heterocycles. The van der Waals surface area contributed by atoms with E-state index in [1.165, 1.54) is 5.56 Å². The Bertz CT molecular complexity index is 381. The number of aryl methyl sites for hydroxylation is 1. The van der Waals surface area contributed by atoms with Gasteiger partial charge in [-0.1, -0.05) is 13.8 Å². The van der Waals surface area contributed by atoms with Gasteiger partial charge in [-0.2, -0.15) is 0 Å². The van der Waals surface area contributed by atoms with E-state index in [-0.39, 0.29) is 0 Å². The topological polar surface area (TPSA) is 21.3 Å². The van der Waals surface area contributed by atoms with Crippen LogP contribution in [0.4, 0.5) is 0 Å². The summed E-state index contributed by atoms with van der Waals surface area (Å²) in [6, 6.07) is 6.62. The van der Waals surface area contributed by atoms with Crippen LogP contribution < -0.4 is 13.3 Å². The maximum atomic E-state index is 5.27. The third kappa shape index (κ3) is 7.61. The summed E-state index contributed by atoms with van der Waals surface area (Å²) in [5.41, 5.74) is 1.43. The molecule has 0 aliphatic rings. The number of nitrogens with one attached hydrogen (secondary N) is 1. The van der Waals surface area contributed by atoms with Gasteiger partial charge in [0.05, 0.1) is 0 Å². The molecule has 0 saturated carbocycles. The molecule has 0 aliphatic carbocycles. The molecule has 3 heteroatoms. The molecule has 0 unspecified atom stereocenters. The second kappa shape index (κ2) is 11.4. The van der Waals surface area contributed by atoms with E-state index in [1.807, 2.05) is 0 Å². The fourth-order valence-corrected chi connectivity index (χ4v) is 14.2. The summed E-state index contributed by atoms with van der Waals surface area (Å²) >= 11 is -1.56. The van der Waals surface area contributed by atoms with Crippen molar-refractivity contribution in [2.24, 2.45) is 0 Å². The van der Waals surface area contributed by atoms with Crippen LogP contribution in [0.1, 0.15) is 47.1 Å². The Balaban J connectivity index is 0.000000690. The van der Waals surface area contributed by atoms with Crippen molar-refractivity contribution in [3.63, 3.8) is 0 Å². The van der Waals surface area contributed by atoms with Gasteiger partial charge in [-0.25, -0.2) is 0 Å². The van der Waals surface area contributed by atoms with Gasteiger partial charge in [0.2, 0.25) is 0 Å². The first-order valence-corrected chi connectivity index (χ1v) is 13.8. The van der Waals surface area contributed by atoms with E-state index in [4.69, 9.17) is 4.74 Å². The fourth-order valence-electron chi connectivity index (χ4n) is 2.45. The second-order valence-corrected chi connectivity index (χ2v) is 18.8. The molecule has 0 bridgehead atoms. The number of methoxy groups -OCH3 is 1. The van der Waals surface area contributed by atoms with Gasteiger partial charge in [0, 0.05) is 0 Å². The molecule has 1 aromatic carbocycles. The standard InChI is InChI=1S/C8H9O.C4H11N.2C3H7.Bi/c1-7-4-3-5-8(6-7)9-2;1-3-5-4-2;2*1-3-2;/h3,5-6H,1-2H3;5H,3-4H2,1-2H3;2*3H,1-2H3;. The van der Waals surface area contributed by atoms with Crippen LogP contribution in [0.15, 0.2) is 18.2 Å². The summed E-state index contributed by atoms with van der Waals surface area (Å²) in [4.78, 5) is 0. The van der Waals surface area contributed by atoms with Gasteiger partial charge in [-0.3, -0.25) is 0 Å². The SMILES string of the molecule is CCNCC.COc1cc[c]([Bi]([CH](C)C)[CH](C)C)c(C)c1. The molecule has 0 aliphatic heterocycles. The van der Waals surface area contributed by atoms with Crippen LogP contribution in [0.25, 0.3) is 0 Å². The minimum absolute atomic E-state index is 0.877. The van der Waals surface area contributed by atoms with Crippen LogP contribution in [-0.4, -0.2) is 41.9 Å². The maximum absolute atomic E-state index is 5.27. The first kappa shape index (κ1) is 20.9. The molecule has 0 heterocycles. The average molecular weight is 489 g/mol. The van der Waals surface area contributed by atoms with Gasteiger partial charge in [0.25, 0.3) is 0 Å². The molecular formula is C18H34BiNO. The van der Waals surface area contributed by atoms with Crippen molar-refractivity contribution < 1.29 is 4.74 Å². The van der Waals surface area contributed by atoms with Gasteiger partial charge in [-0.15, -0.1) is 0 Å². The Morgan fingerprint density at radius 3 is 1.86 bits per heavy atom. The van der Waals surface area contributed by atoms with Crippen LogP contribution in [0.3, 0.4) is 0 Å². The third-order valence-corrected chi connectivity index (χ3v) is 16.1. The number of hydrogen-bond acceptors (Lipinski definition) is 2. The predicted molar refractivity (Wildman–Crippen MR) is 97.5 cm³/mol. The van der Waals surface area contributed by atoms with Crippen LogP contribution in [0.2, 0.25) is 7.25 Å². The molecule has 0 aromatic heterocycles. The second-order valence-electron chi connectivity index (χ2n) is 5.70. The molecular weight excluding hydrogens is 455 g/mol. The molecule has 1 N–H and O–H groups in total. The summed E-state index contributed by atoms with van der Waals surface area (Å²) in [7, 11) is 1.74. The molecule has 0 fully saturated rings. The van der Waals surface area contributed by atoms with Crippen molar-refractivity contribution in [3.05, 3.63) is 23.8 Å². The van der Waals surface area contributed by atoms with Crippen molar-refractivity contribution in [2.75, 3.05) is 20.2 Å². The molecule has 122 valence electrons. The summed E-state index contributed by atoms with van der Waals surface area (Å²) in [5, 5.41) is 3.11. The Morgan fingerprint density at radius 2 is 1.57 bits per heavy atom. The molecule has 2 nitrogen and oxygen atoms in total. The number of benzene rings is 1. The minimum atomic E-state index is -1.56. The van der Waals surface area contributed by atoms with E-state index >= 15 is 0 Å². The van der Waals surface area contributed by atoms with Gasteiger partial charge in [-0.05, 0) is 13.1 Å². The van der Waals surface area contributed by atoms with Gasteiger partial charge in [0.1, 0.15) is 0 Å². The summed E-state index contributed by atoms with van der Waals surface area (Å²) in [6.07, 6.45) is 0. The van der Waals surface area contributed by atoms with Crippen LogP contribution in [-0.2, 0) is 0 Å². The fraction of sp³-hybridized carbons (Fsp3) is 0.667. The number of ether oxygens (including phenoxy) is 1. The molecule has 21 heavy (non-hydrogen) atoms. The van der Waals surface area contributed by atoms with Gasteiger partial charge in [0.15, 0.2) is 0 Å². The van der Waals surface area contributed by atoms with E-state index in [2.05, 4.69) is 72.0 Å².